The lowest BCUT2D eigenvalue weighted by molar-refractivity contribution is 0.532. The van der Waals surface area contributed by atoms with E-state index in [4.69, 9.17) is 0 Å². The van der Waals surface area contributed by atoms with E-state index < -0.39 is 0 Å². The Labute approximate surface area is 71.0 Å². The molecule has 0 aliphatic carbocycles. The summed E-state index contributed by atoms with van der Waals surface area (Å²) >= 11 is 0. The minimum atomic E-state index is 0.831. The van der Waals surface area contributed by atoms with Crippen molar-refractivity contribution in [3.05, 3.63) is 17.9 Å². The fourth-order valence-corrected chi connectivity index (χ4v) is 1.08. The van der Waals surface area contributed by atoms with Gasteiger partial charge < -0.3 is 0 Å². The first-order chi connectivity index (χ1) is 5.31. The van der Waals surface area contributed by atoms with Crippen LogP contribution < -0.4 is 0 Å². The molecule has 0 radical (unpaired) electrons. The Kier molecular flexibility index (Phi) is 7.29. The lowest BCUT2D eigenvalue weighted by Crippen LogP contribution is -1.89. The van der Waals surface area contributed by atoms with Crippen LogP contribution in [0.15, 0.2) is 17.9 Å². The maximum atomic E-state index is 3.17. The molecule has 0 aromatic carbocycles. The van der Waals surface area contributed by atoms with Crippen molar-refractivity contribution >= 4 is 0 Å². The fourth-order valence-electron chi connectivity index (χ4n) is 1.08. The van der Waals surface area contributed by atoms with Crippen LogP contribution >= 0.6 is 0 Å². The Hall–Kier alpha value is -0.480. The molecule has 0 bridgehead atoms. The Morgan fingerprint density at radius 3 is 2.55 bits per heavy atom. The molecule has 0 aromatic rings. The zero-order valence-corrected chi connectivity index (χ0v) is 8.06. The number of hydrogen-bond donors (Lipinski definition) is 0. The summed E-state index contributed by atoms with van der Waals surface area (Å²) in [5.41, 5.74) is 3.17. The van der Waals surface area contributed by atoms with E-state index in [9.17, 15) is 0 Å². The molecule has 1 unspecified atom stereocenters. The van der Waals surface area contributed by atoms with Crippen molar-refractivity contribution in [3.8, 4) is 0 Å². The fraction of sp³-hybridized carbons (Fsp3) is 0.727. The molecule has 0 aliphatic rings. The molecule has 0 spiro atoms. The Bertz CT molecular complexity index is 127. The molecule has 0 heterocycles. The summed E-state index contributed by atoms with van der Waals surface area (Å²) in [6.45, 7) is 6.67. The first-order valence-electron chi connectivity index (χ1n) is 4.70. The number of rotatable bonds is 5. The van der Waals surface area contributed by atoms with Gasteiger partial charge in [0.2, 0.25) is 0 Å². The Morgan fingerprint density at radius 2 is 2.00 bits per heavy atom. The molecule has 0 saturated heterocycles. The van der Waals surface area contributed by atoms with Crippen LogP contribution in [0.3, 0.4) is 0 Å². The highest BCUT2D eigenvalue weighted by Crippen LogP contribution is 2.09. The van der Waals surface area contributed by atoms with Gasteiger partial charge in [-0.05, 0) is 30.9 Å². The zero-order chi connectivity index (χ0) is 8.53. The predicted molar refractivity (Wildman–Crippen MR) is 51.6 cm³/mol. The van der Waals surface area contributed by atoms with E-state index in [-0.39, 0.29) is 0 Å². The first-order valence-corrected chi connectivity index (χ1v) is 4.70. The molecular formula is C11H20. The van der Waals surface area contributed by atoms with Gasteiger partial charge in [0.15, 0.2) is 0 Å². The summed E-state index contributed by atoms with van der Waals surface area (Å²) in [6, 6.07) is 0. The van der Waals surface area contributed by atoms with Crippen LogP contribution in [0.1, 0.15) is 46.5 Å². The second kappa shape index (κ2) is 7.63. The van der Waals surface area contributed by atoms with Gasteiger partial charge in [-0.3, -0.25) is 0 Å². The summed E-state index contributed by atoms with van der Waals surface area (Å²) in [5, 5.41) is 0. The molecule has 0 nitrogen and oxygen atoms in total. The van der Waals surface area contributed by atoms with Gasteiger partial charge in [-0.15, -0.1) is 5.73 Å². The van der Waals surface area contributed by atoms with Crippen LogP contribution in [-0.4, -0.2) is 0 Å². The second-order valence-corrected chi connectivity index (χ2v) is 3.11. The van der Waals surface area contributed by atoms with Crippen molar-refractivity contribution in [3.63, 3.8) is 0 Å². The van der Waals surface area contributed by atoms with Gasteiger partial charge in [-0.25, -0.2) is 0 Å². The van der Waals surface area contributed by atoms with Crippen molar-refractivity contribution in [2.24, 2.45) is 5.92 Å². The molecule has 64 valence electrons. The van der Waals surface area contributed by atoms with Crippen molar-refractivity contribution < 1.29 is 0 Å². The highest BCUT2D eigenvalue weighted by atomic mass is 14.0. The molecule has 0 saturated carbocycles. The van der Waals surface area contributed by atoms with Crippen molar-refractivity contribution in [2.45, 2.75) is 46.5 Å². The van der Waals surface area contributed by atoms with Gasteiger partial charge in [0.05, 0.1) is 0 Å². The highest BCUT2D eigenvalue weighted by Gasteiger charge is 1.95. The summed E-state index contributed by atoms with van der Waals surface area (Å²) in [4.78, 5) is 0. The molecule has 11 heavy (non-hydrogen) atoms. The lowest BCUT2D eigenvalue weighted by atomic mass is 10.0. The van der Waals surface area contributed by atoms with Crippen LogP contribution in [-0.2, 0) is 0 Å². The zero-order valence-electron chi connectivity index (χ0n) is 8.06. The average molecular weight is 152 g/mol. The summed E-state index contributed by atoms with van der Waals surface area (Å²) < 4.78 is 0. The van der Waals surface area contributed by atoms with Crippen LogP contribution in [0, 0.1) is 5.92 Å². The minimum Gasteiger partial charge on any atom is -0.130 e. The monoisotopic (exact) mass is 152 g/mol. The van der Waals surface area contributed by atoms with Crippen LogP contribution in [0.4, 0.5) is 0 Å². The third kappa shape index (κ3) is 7.42. The standard InChI is InChI=1S/C11H20/c1-4-6-7-8-10-11(3)9-5-2/h6,8,11H,4-5,9-10H2,1-3H3. The molecule has 0 N–H and O–H groups in total. The second-order valence-electron chi connectivity index (χ2n) is 3.11. The number of hydrogen-bond acceptors (Lipinski definition) is 0. The summed E-state index contributed by atoms with van der Waals surface area (Å²) in [7, 11) is 0. The van der Waals surface area contributed by atoms with Crippen molar-refractivity contribution in [1.29, 1.82) is 0 Å². The average Bonchev–Trinajstić information content (AvgIpc) is 1.99. The van der Waals surface area contributed by atoms with E-state index in [2.05, 4.69) is 38.7 Å². The molecule has 0 aromatic heterocycles. The van der Waals surface area contributed by atoms with Crippen LogP contribution in [0.5, 0.6) is 0 Å². The largest absolute Gasteiger partial charge is 0.130 e. The van der Waals surface area contributed by atoms with Crippen LogP contribution in [0.2, 0.25) is 0 Å². The van der Waals surface area contributed by atoms with E-state index >= 15 is 0 Å². The van der Waals surface area contributed by atoms with Gasteiger partial charge in [0.1, 0.15) is 0 Å². The third-order valence-corrected chi connectivity index (χ3v) is 1.74. The quantitative estimate of drug-likeness (QED) is 0.523. The summed E-state index contributed by atoms with van der Waals surface area (Å²) in [5.74, 6) is 0.831. The SMILES string of the molecule is CCC=C=CCC(C)CCC. The molecule has 0 rings (SSSR count). The molecule has 0 amide bonds. The molecule has 0 heteroatoms. The van der Waals surface area contributed by atoms with E-state index in [1.807, 2.05) is 0 Å². The third-order valence-electron chi connectivity index (χ3n) is 1.74. The van der Waals surface area contributed by atoms with E-state index in [1.165, 1.54) is 19.3 Å². The highest BCUT2D eigenvalue weighted by molar-refractivity contribution is 4.84. The van der Waals surface area contributed by atoms with E-state index in [0.29, 0.717) is 0 Å². The Balaban J connectivity index is 3.43. The first kappa shape index (κ1) is 10.5. The maximum absolute atomic E-state index is 3.17. The van der Waals surface area contributed by atoms with E-state index in [0.717, 1.165) is 12.3 Å². The predicted octanol–water partition coefficient (Wildman–Crippen LogP) is 3.93. The lowest BCUT2D eigenvalue weighted by Gasteiger charge is -2.03. The topological polar surface area (TPSA) is 0 Å². The smallest absolute Gasteiger partial charge is 0.0249 e. The van der Waals surface area contributed by atoms with Gasteiger partial charge in [-0.1, -0.05) is 33.6 Å². The van der Waals surface area contributed by atoms with Gasteiger partial charge >= 0.3 is 0 Å². The van der Waals surface area contributed by atoms with Crippen LogP contribution in [0.25, 0.3) is 0 Å². The molecule has 0 fully saturated rings. The van der Waals surface area contributed by atoms with Crippen molar-refractivity contribution in [2.75, 3.05) is 0 Å². The van der Waals surface area contributed by atoms with E-state index in [1.54, 1.807) is 0 Å². The van der Waals surface area contributed by atoms with Gasteiger partial charge in [0, 0.05) is 0 Å². The van der Waals surface area contributed by atoms with Crippen molar-refractivity contribution in [1.82, 2.24) is 0 Å². The molecule has 1 atom stereocenters. The molecular weight excluding hydrogens is 132 g/mol. The summed E-state index contributed by atoms with van der Waals surface area (Å²) in [6.07, 6.45) is 9.16. The molecule has 0 aliphatic heterocycles. The normalized spacial score (nSPS) is 11.9. The minimum absolute atomic E-state index is 0.831. The maximum Gasteiger partial charge on any atom is -0.0249 e. The number of allylic oxidation sites excluding steroid dienone is 1. The van der Waals surface area contributed by atoms with Gasteiger partial charge in [-0.2, -0.15) is 0 Å². The van der Waals surface area contributed by atoms with Gasteiger partial charge in [0.25, 0.3) is 0 Å². The Morgan fingerprint density at radius 1 is 1.27 bits per heavy atom.